The number of aliphatic imine (C=N–C) groups is 1. The van der Waals surface area contributed by atoms with Crippen LogP contribution in [-0.2, 0) is 4.79 Å². The number of fused-ring (bicyclic) bond motifs is 3. The van der Waals surface area contributed by atoms with E-state index >= 15 is 0 Å². The first-order chi connectivity index (χ1) is 9.58. The van der Waals surface area contributed by atoms with E-state index in [1.807, 2.05) is 6.21 Å². The fraction of sp³-hybridized carbons (Fsp3) is 0.600. The summed E-state index contributed by atoms with van der Waals surface area (Å²) in [5.74, 6) is 0.443. The number of rotatable bonds is 2. The molecule has 20 heavy (non-hydrogen) atoms. The summed E-state index contributed by atoms with van der Waals surface area (Å²) in [5.41, 5.74) is 7.18. The maximum atomic E-state index is 11.7. The van der Waals surface area contributed by atoms with E-state index in [-0.39, 0.29) is 12.1 Å². The number of nitrogens with one attached hydrogen (secondary N) is 2. The van der Waals surface area contributed by atoms with Gasteiger partial charge in [0, 0.05) is 36.8 Å². The first-order valence-corrected chi connectivity index (χ1v) is 7.31. The van der Waals surface area contributed by atoms with Crippen LogP contribution in [0.2, 0.25) is 0 Å². The van der Waals surface area contributed by atoms with E-state index in [9.17, 15) is 4.79 Å². The normalized spacial score (nSPS) is 29.1. The Morgan fingerprint density at radius 1 is 1.50 bits per heavy atom. The lowest BCUT2D eigenvalue weighted by Crippen LogP contribution is -2.54. The molecule has 0 bridgehead atoms. The van der Waals surface area contributed by atoms with Gasteiger partial charge >= 0.3 is 0 Å². The minimum absolute atomic E-state index is 0.0369. The van der Waals surface area contributed by atoms with Crippen LogP contribution in [0, 0.1) is 5.92 Å². The molecule has 2 unspecified atom stereocenters. The molecule has 2 N–H and O–H groups in total. The molecule has 108 valence electrons. The number of hydrogen-bond acceptors (Lipinski definition) is 4. The predicted octanol–water partition coefficient (Wildman–Crippen LogP) is 1.35. The zero-order chi connectivity index (χ0) is 14.3. The van der Waals surface area contributed by atoms with Gasteiger partial charge in [-0.2, -0.15) is 0 Å². The number of carbonyl (C=O) groups is 1. The summed E-state index contributed by atoms with van der Waals surface area (Å²) in [4.78, 5) is 16.4. The third kappa shape index (κ3) is 2.16. The molecular formula is C15H22N4O. The highest BCUT2D eigenvalue weighted by Gasteiger charge is 2.40. The maximum Gasteiger partial charge on any atom is 0.224 e. The zero-order valence-corrected chi connectivity index (χ0v) is 12.3. The van der Waals surface area contributed by atoms with Gasteiger partial charge in [0.25, 0.3) is 0 Å². The molecule has 0 aliphatic carbocycles. The number of hydrazine groups is 1. The third-order valence-electron chi connectivity index (χ3n) is 4.15. The topological polar surface area (TPSA) is 56.7 Å². The summed E-state index contributed by atoms with van der Waals surface area (Å²) in [6.07, 6.45) is 5.66. The fourth-order valence-corrected chi connectivity index (χ4v) is 3.26. The van der Waals surface area contributed by atoms with Gasteiger partial charge in [0.15, 0.2) is 6.17 Å². The molecule has 3 rings (SSSR count). The van der Waals surface area contributed by atoms with Crippen molar-refractivity contribution in [2.45, 2.75) is 45.8 Å². The fourth-order valence-electron chi connectivity index (χ4n) is 3.26. The maximum absolute atomic E-state index is 11.7. The Balaban J connectivity index is 2.03. The van der Waals surface area contributed by atoms with Crippen molar-refractivity contribution in [3.63, 3.8) is 0 Å². The molecular weight excluding hydrogens is 252 g/mol. The van der Waals surface area contributed by atoms with Crippen molar-refractivity contribution < 1.29 is 4.79 Å². The highest BCUT2D eigenvalue weighted by Crippen LogP contribution is 2.39. The van der Waals surface area contributed by atoms with Gasteiger partial charge in [0.05, 0.1) is 6.42 Å². The van der Waals surface area contributed by atoms with Crippen LogP contribution in [0.5, 0.6) is 0 Å². The number of amides is 1. The Hall–Kier alpha value is -1.62. The molecule has 1 saturated heterocycles. The Labute approximate surface area is 119 Å². The van der Waals surface area contributed by atoms with E-state index in [4.69, 9.17) is 0 Å². The molecule has 5 nitrogen and oxygen atoms in total. The summed E-state index contributed by atoms with van der Waals surface area (Å²) in [6.45, 7) is 7.04. The molecule has 0 radical (unpaired) electrons. The Kier molecular flexibility index (Phi) is 3.38. The van der Waals surface area contributed by atoms with Crippen LogP contribution in [0.3, 0.4) is 0 Å². The van der Waals surface area contributed by atoms with Crippen molar-refractivity contribution in [3.8, 4) is 0 Å². The number of hydrogen-bond donors (Lipinski definition) is 2. The molecule has 0 aromatic carbocycles. The lowest BCUT2D eigenvalue weighted by atomic mass is 9.79. The van der Waals surface area contributed by atoms with E-state index in [2.05, 4.69) is 47.6 Å². The summed E-state index contributed by atoms with van der Waals surface area (Å²) in [5, 5.41) is 5.12. The van der Waals surface area contributed by atoms with Crippen LogP contribution in [0.4, 0.5) is 0 Å². The summed E-state index contributed by atoms with van der Waals surface area (Å²) in [7, 11) is 0. The molecule has 0 aromatic heterocycles. The summed E-state index contributed by atoms with van der Waals surface area (Å²) >= 11 is 0. The van der Waals surface area contributed by atoms with E-state index in [1.165, 1.54) is 11.1 Å². The lowest BCUT2D eigenvalue weighted by Gasteiger charge is -2.46. The number of nitrogens with zero attached hydrogens (tertiary/aromatic N) is 2. The number of piperidine rings is 1. The van der Waals surface area contributed by atoms with Gasteiger partial charge in [0.2, 0.25) is 5.91 Å². The van der Waals surface area contributed by atoms with Crippen molar-refractivity contribution >= 4 is 12.1 Å². The van der Waals surface area contributed by atoms with Crippen molar-refractivity contribution in [1.29, 1.82) is 0 Å². The second-order valence-corrected chi connectivity index (χ2v) is 5.94. The van der Waals surface area contributed by atoms with Gasteiger partial charge in [-0.05, 0) is 31.9 Å². The lowest BCUT2D eigenvalue weighted by molar-refractivity contribution is -0.121. The average molecular weight is 274 g/mol. The largest absolute Gasteiger partial charge is 0.355 e. The molecule has 3 heterocycles. The second kappa shape index (κ2) is 5.05. The Bertz CT molecular complexity index is 518. The number of allylic oxidation sites excluding steroid dienone is 2. The Morgan fingerprint density at radius 3 is 3.05 bits per heavy atom. The highest BCUT2D eigenvalue weighted by atomic mass is 16.1. The summed E-state index contributed by atoms with van der Waals surface area (Å²) < 4.78 is 0. The van der Waals surface area contributed by atoms with Gasteiger partial charge in [-0.3, -0.25) is 14.8 Å². The Morgan fingerprint density at radius 2 is 2.30 bits per heavy atom. The molecule has 3 aliphatic heterocycles. The molecule has 0 saturated carbocycles. The van der Waals surface area contributed by atoms with Crippen molar-refractivity contribution in [2.24, 2.45) is 10.9 Å². The van der Waals surface area contributed by atoms with Gasteiger partial charge < -0.3 is 5.32 Å². The molecule has 3 aliphatic rings. The molecule has 2 atom stereocenters. The first-order valence-electron chi connectivity index (χ1n) is 7.31. The zero-order valence-electron chi connectivity index (χ0n) is 12.3. The molecule has 1 fully saturated rings. The van der Waals surface area contributed by atoms with Crippen molar-refractivity contribution in [2.75, 3.05) is 6.54 Å². The van der Waals surface area contributed by atoms with Crippen LogP contribution in [-0.4, -0.2) is 35.9 Å². The molecule has 5 heteroatoms. The molecule has 0 spiro atoms. The van der Waals surface area contributed by atoms with Crippen LogP contribution in [0.25, 0.3) is 0 Å². The van der Waals surface area contributed by atoms with Gasteiger partial charge in [-0.15, -0.1) is 0 Å². The quantitative estimate of drug-likeness (QED) is 0.747. The standard InChI is InChI=1S/C15H22N4O/c1-9(2)18-19-10(3)12-7-14(20)17-8-13(12)11-5-4-6-16-15(11)19/h5-6,9,13,15,18H,4,7-8H2,1-3H3,(H,17,20). The molecule has 0 aromatic rings. The van der Waals surface area contributed by atoms with Crippen LogP contribution in [0.1, 0.15) is 33.6 Å². The van der Waals surface area contributed by atoms with Crippen molar-refractivity contribution in [1.82, 2.24) is 15.8 Å². The van der Waals surface area contributed by atoms with Crippen molar-refractivity contribution in [3.05, 3.63) is 22.9 Å². The summed E-state index contributed by atoms with van der Waals surface area (Å²) in [6, 6.07) is 0.331. The minimum atomic E-state index is 0.0369. The van der Waals surface area contributed by atoms with E-state index in [1.54, 1.807) is 0 Å². The SMILES string of the molecule is CC1=C2CC(=O)NCC2C2=CCC=NC2N1NC(C)C. The van der Waals surface area contributed by atoms with E-state index < -0.39 is 0 Å². The second-order valence-electron chi connectivity index (χ2n) is 5.94. The van der Waals surface area contributed by atoms with Crippen LogP contribution >= 0.6 is 0 Å². The third-order valence-corrected chi connectivity index (χ3v) is 4.15. The smallest absolute Gasteiger partial charge is 0.224 e. The van der Waals surface area contributed by atoms with Gasteiger partial charge in [0.1, 0.15) is 0 Å². The average Bonchev–Trinajstić information content (AvgIpc) is 2.43. The van der Waals surface area contributed by atoms with E-state index in [0.717, 1.165) is 12.1 Å². The number of dihydropyridines is 1. The van der Waals surface area contributed by atoms with Crippen LogP contribution in [0.15, 0.2) is 27.9 Å². The van der Waals surface area contributed by atoms with Crippen LogP contribution < -0.4 is 10.7 Å². The predicted molar refractivity (Wildman–Crippen MR) is 78.9 cm³/mol. The van der Waals surface area contributed by atoms with Gasteiger partial charge in [-0.1, -0.05) is 6.08 Å². The number of carbonyl (C=O) groups excluding carboxylic acids is 1. The molecule has 1 amide bonds. The first kappa shape index (κ1) is 13.4. The minimum Gasteiger partial charge on any atom is -0.355 e. The highest BCUT2D eigenvalue weighted by molar-refractivity contribution is 5.81. The monoisotopic (exact) mass is 274 g/mol. The van der Waals surface area contributed by atoms with E-state index in [0.29, 0.717) is 24.9 Å². The van der Waals surface area contributed by atoms with Gasteiger partial charge in [-0.25, -0.2) is 5.43 Å².